The Balaban J connectivity index is 1.96. The van der Waals surface area contributed by atoms with Crippen molar-refractivity contribution in [2.24, 2.45) is 4.99 Å². The van der Waals surface area contributed by atoms with Crippen molar-refractivity contribution >= 4 is 17.6 Å². The van der Waals surface area contributed by atoms with Gasteiger partial charge in [0.1, 0.15) is 0 Å². The molecule has 2 aromatic carbocycles. The van der Waals surface area contributed by atoms with Crippen molar-refractivity contribution in [3.8, 4) is 0 Å². The van der Waals surface area contributed by atoms with Crippen LogP contribution < -0.4 is 4.90 Å². The third-order valence-electron chi connectivity index (χ3n) is 4.94. The van der Waals surface area contributed by atoms with Crippen molar-refractivity contribution in [1.29, 1.82) is 0 Å². The fraction of sp³-hybridized carbons (Fsp3) is 0.409. The first-order chi connectivity index (χ1) is 11.4. The molecule has 0 radical (unpaired) electrons. The Labute approximate surface area is 146 Å². The summed E-state index contributed by atoms with van der Waals surface area (Å²) < 4.78 is 0. The number of para-hydroxylation sites is 1. The average molecular weight is 320 g/mol. The Bertz CT molecular complexity index is 729. The van der Waals surface area contributed by atoms with Crippen molar-refractivity contribution in [2.45, 2.75) is 58.5 Å². The third-order valence-corrected chi connectivity index (χ3v) is 4.94. The van der Waals surface area contributed by atoms with Crippen molar-refractivity contribution in [2.75, 3.05) is 4.90 Å². The largest absolute Gasteiger partial charge is 0.364 e. The first kappa shape index (κ1) is 16.8. The summed E-state index contributed by atoms with van der Waals surface area (Å²) in [5.41, 5.74) is 5.19. The molecule has 0 saturated carbocycles. The van der Waals surface area contributed by atoms with E-state index < -0.39 is 0 Å². The maximum atomic E-state index is 4.59. The van der Waals surface area contributed by atoms with Gasteiger partial charge in [-0.3, -0.25) is 4.99 Å². The number of aliphatic imine (C=N–C) groups is 1. The molecule has 1 aliphatic heterocycles. The second-order valence-corrected chi connectivity index (χ2v) is 7.79. The highest BCUT2D eigenvalue weighted by molar-refractivity contribution is 5.83. The van der Waals surface area contributed by atoms with Crippen LogP contribution in [0.4, 0.5) is 11.4 Å². The van der Waals surface area contributed by atoms with Gasteiger partial charge in [0.05, 0.1) is 5.69 Å². The van der Waals surface area contributed by atoms with E-state index in [9.17, 15) is 0 Å². The number of fused-ring (bicyclic) bond motifs is 1. The summed E-state index contributed by atoms with van der Waals surface area (Å²) in [6.45, 7) is 11.6. The summed E-state index contributed by atoms with van der Waals surface area (Å²) in [6.07, 6.45) is 3.15. The molecule has 1 heterocycles. The fourth-order valence-corrected chi connectivity index (χ4v) is 4.19. The van der Waals surface area contributed by atoms with Crippen LogP contribution >= 0.6 is 0 Å². The summed E-state index contributed by atoms with van der Waals surface area (Å²) >= 11 is 0. The topological polar surface area (TPSA) is 15.6 Å². The van der Waals surface area contributed by atoms with E-state index in [0.29, 0.717) is 12.0 Å². The lowest BCUT2D eigenvalue weighted by atomic mass is 9.79. The van der Waals surface area contributed by atoms with Gasteiger partial charge in [-0.25, -0.2) is 0 Å². The maximum Gasteiger partial charge on any atom is 0.0629 e. The number of nitrogens with zero attached hydrogens (tertiary/aromatic N) is 2. The number of rotatable bonds is 3. The number of hydrogen-bond donors (Lipinski definition) is 0. The minimum atomic E-state index is 0.195. The standard InChI is InChI=1S/C22H28N2/c1-16(2)24-21-12-11-18(15-23-19-9-7-6-8-10-19)13-20(21)17(3)14-22(24,4)5/h6-13,15-17H,14H2,1-5H3/t17-/m0/s1. The summed E-state index contributed by atoms with van der Waals surface area (Å²) in [7, 11) is 0. The van der Waals surface area contributed by atoms with Crippen LogP contribution in [0.3, 0.4) is 0 Å². The van der Waals surface area contributed by atoms with Crippen molar-refractivity contribution in [3.63, 3.8) is 0 Å². The molecule has 24 heavy (non-hydrogen) atoms. The molecule has 2 aromatic rings. The van der Waals surface area contributed by atoms with E-state index in [4.69, 9.17) is 0 Å². The van der Waals surface area contributed by atoms with Gasteiger partial charge in [0.2, 0.25) is 0 Å². The quantitative estimate of drug-likeness (QED) is 0.639. The van der Waals surface area contributed by atoms with E-state index in [2.05, 4.69) is 62.7 Å². The molecule has 0 saturated heterocycles. The lowest BCUT2D eigenvalue weighted by molar-refractivity contribution is 0.356. The molecule has 3 rings (SSSR count). The Morgan fingerprint density at radius 2 is 1.83 bits per heavy atom. The van der Waals surface area contributed by atoms with Gasteiger partial charge in [-0.2, -0.15) is 0 Å². The SMILES string of the molecule is CC(C)N1c2ccc(C=Nc3ccccc3)cc2[C@@H](C)CC1(C)C. The predicted octanol–water partition coefficient (Wildman–Crippen LogP) is 5.94. The molecule has 1 atom stereocenters. The predicted molar refractivity (Wildman–Crippen MR) is 105 cm³/mol. The van der Waals surface area contributed by atoms with Crippen LogP contribution in [0.25, 0.3) is 0 Å². The van der Waals surface area contributed by atoms with Crippen LogP contribution in [0.5, 0.6) is 0 Å². The zero-order chi connectivity index (χ0) is 17.3. The Kier molecular flexibility index (Phi) is 4.49. The van der Waals surface area contributed by atoms with Crippen LogP contribution in [0.1, 0.15) is 58.1 Å². The van der Waals surface area contributed by atoms with Gasteiger partial charge >= 0.3 is 0 Å². The second kappa shape index (κ2) is 6.43. The van der Waals surface area contributed by atoms with E-state index in [1.807, 2.05) is 36.5 Å². The van der Waals surface area contributed by atoms with E-state index in [0.717, 1.165) is 5.69 Å². The molecule has 1 aliphatic rings. The van der Waals surface area contributed by atoms with Crippen LogP contribution in [-0.4, -0.2) is 17.8 Å². The van der Waals surface area contributed by atoms with Gasteiger partial charge < -0.3 is 4.90 Å². The van der Waals surface area contributed by atoms with Crippen molar-refractivity contribution < 1.29 is 0 Å². The number of anilines is 1. The van der Waals surface area contributed by atoms with E-state index in [1.165, 1.54) is 23.2 Å². The molecule has 0 bridgehead atoms. The van der Waals surface area contributed by atoms with Crippen LogP contribution in [-0.2, 0) is 0 Å². The maximum absolute atomic E-state index is 4.59. The molecule has 0 fully saturated rings. The van der Waals surface area contributed by atoms with Gasteiger partial charge in [-0.05, 0) is 75.4 Å². The Hall–Kier alpha value is -2.09. The first-order valence-electron chi connectivity index (χ1n) is 8.91. The summed E-state index contributed by atoms with van der Waals surface area (Å²) in [5.74, 6) is 0.565. The second-order valence-electron chi connectivity index (χ2n) is 7.79. The van der Waals surface area contributed by atoms with Crippen LogP contribution in [0, 0.1) is 0 Å². The molecule has 0 N–H and O–H groups in total. The molecule has 0 amide bonds. The van der Waals surface area contributed by atoms with Gasteiger partial charge in [-0.1, -0.05) is 31.2 Å². The lowest BCUT2D eigenvalue weighted by Crippen LogP contribution is -2.51. The molecular weight excluding hydrogens is 292 g/mol. The Morgan fingerprint density at radius 1 is 1.12 bits per heavy atom. The summed E-state index contributed by atoms with van der Waals surface area (Å²) in [4.78, 5) is 7.16. The number of hydrogen-bond acceptors (Lipinski definition) is 2. The highest BCUT2D eigenvalue weighted by atomic mass is 15.2. The number of benzene rings is 2. The fourth-order valence-electron chi connectivity index (χ4n) is 4.19. The average Bonchev–Trinajstić information content (AvgIpc) is 2.53. The molecule has 0 aromatic heterocycles. The van der Waals surface area contributed by atoms with Gasteiger partial charge in [0, 0.05) is 23.5 Å². The molecule has 0 aliphatic carbocycles. The van der Waals surface area contributed by atoms with Gasteiger partial charge in [-0.15, -0.1) is 0 Å². The zero-order valence-electron chi connectivity index (χ0n) is 15.5. The van der Waals surface area contributed by atoms with Crippen LogP contribution in [0.15, 0.2) is 53.5 Å². The molecular formula is C22H28N2. The normalized spacial score (nSPS) is 19.8. The van der Waals surface area contributed by atoms with E-state index in [1.54, 1.807) is 0 Å². The summed E-state index contributed by atoms with van der Waals surface area (Å²) in [5, 5.41) is 0. The third kappa shape index (κ3) is 3.24. The van der Waals surface area contributed by atoms with E-state index >= 15 is 0 Å². The van der Waals surface area contributed by atoms with Gasteiger partial charge in [0.25, 0.3) is 0 Å². The molecule has 126 valence electrons. The molecule has 0 unspecified atom stereocenters. The van der Waals surface area contributed by atoms with E-state index in [-0.39, 0.29) is 5.54 Å². The van der Waals surface area contributed by atoms with Crippen molar-refractivity contribution in [1.82, 2.24) is 0 Å². The minimum Gasteiger partial charge on any atom is -0.364 e. The van der Waals surface area contributed by atoms with Gasteiger partial charge in [0.15, 0.2) is 0 Å². The minimum absolute atomic E-state index is 0.195. The zero-order valence-corrected chi connectivity index (χ0v) is 15.5. The lowest BCUT2D eigenvalue weighted by Gasteiger charge is -2.50. The smallest absolute Gasteiger partial charge is 0.0629 e. The monoisotopic (exact) mass is 320 g/mol. The summed E-state index contributed by atoms with van der Waals surface area (Å²) in [6, 6.07) is 17.4. The molecule has 2 heteroatoms. The van der Waals surface area contributed by atoms with Crippen molar-refractivity contribution in [3.05, 3.63) is 59.7 Å². The molecule has 0 spiro atoms. The highest BCUT2D eigenvalue weighted by Gasteiger charge is 2.37. The first-order valence-corrected chi connectivity index (χ1v) is 8.91. The Morgan fingerprint density at radius 3 is 2.50 bits per heavy atom. The molecule has 2 nitrogen and oxygen atoms in total. The highest BCUT2D eigenvalue weighted by Crippen LogP contribution is 2.44. The van der Waals surface area contributed by atoms with Crippen LogP contribution in [0.2, 0.25) is 0 Å².